The van der Waals surface area contributed by atoms with Crippen molar-refractivity contribution >= 4 is 5.97 Å². The molecule has 2 aliphatic rings. The predicted octanol–water partition coefficient (Wildman–Crippen LogP) is 3.21. The van der Waals surface area contributed by atoms with Gasteiger partial charge in [-0.3, -0.25) is 0 Å². The van der Waals surface area contributed by atoms with E-state index in [0.717, 1.165) is 25.7 Å². The molecule has 1 spiro atoms. The molecule has 108 valence electrons. The van der Waals surface area contributed by atoms with E-state index in [1.807, 2.05) is 19.9 Å². The van der Waals surface area contributed by atoms with E-state index in [1.54, 1.807) is 0 Å². The average molecular weight is 274 g/mol. The number of aryl methyl sites for hydroxylation is 1. The largest absolute Gasteiger partial charge is 0.467 e. The Kier molecular flexibility index (Phi) is 3.13. The van der Waals surface area contributed by atoms with Gasteiger partial charge in [0.1, 0.15) is 5.60 Å². The molecule has 1 aromatic carbocycles. The molecule has 1 aliphatic carbocycles. The van der Waals surface area contributed by atoms with Gasteiger partial charge in [-0.1, -0.05) is 38.1 Å². The molecule has 2 atom stereocenters. The smallest absolute Gasteiger partial charge is 0.341 e. The summed E-state index contributed by atoms with van der Waals surface area (Å²) in [5.74, 6) is -0.134. The minimum atomic E-state index is -0.803. The fourth-order valence-corrected chi connectivity index (χ4v) is 3.88. The highest BCUT2D eigenvalue weighted by Crippen LogP contribution is 2.64. The molecule has 1 saturated heterocycles. The molecule has 0 bridgehead atoms. The van der Waals surface area contributed by atoms with Crippen LogP contribution in [0.4, 0.5) is 0 Å². The zero-order valence-corrected chi connectivity index (χ0v) is 12.4. The summed E-state index contributed by atoms with van der Waals surface area (Å²) in [6.45, 7) is 4.08. The highest BCUT2D eigenvalue weighted by Gasteiger charge is 2.77. The number of hydrogen-bond donors (Lipinski definition) is 0. The molecule has 3 rings (SSSR count). The second kappa shape index (κ2) is 4.59. The van der Waals surface area contributed by atoms with Crippen molar-refractivity contribution in [2.45, 2.75) is 50.7 Å². The van der Waals surface area contributed by atoms with E-state index in [1.165, 1.54) is 18.2 Å². The van der Waals surface area contributed by atoms with Gasteiger partial charge in [0.2, 0.25) is 5.60 Å². The number of carbonyl (C=O) groups excluding carboxylic acids is 1. The average Bonchev–Trinajstić information content (AvgIpc) is 3.18. The van der Waals surface area contributed by atoms with Crippen LogP contribution in [0.25, 0.3) is 0 Å². The monoisotopic (exact) mass is 274 g/mol. The Labute approximate surface area is 120 Å². The number of benzene rings is 1. The van der Waals surface area contributed by atoms with Crippen molar-refractivity contribution in [3.8, 4) is 0 Å². The maximum atomic E-state index is 12.4. The van der Waals surface area contributed by atoms with Gasteiger partial charge in [0, 0.05) is 0 Å². The number of rotatable bonds is 2. The minimum absolute atomic E-state index is 0.0982. The molecular formula is C17H22O3. The van der Waals surface area contributed by atoms with Crippen molar-refractivity contribution in [3.05, 3.63) is 35.4 Å². The van der Waals surface area contributed by atoms with Crippen LogP contribution in [0.2, 0.25) is 0 Å². The van der Waals surface area contributed by atoms with E-state index in [-0.39, 0.29) is 11.9 Å². The summed E-state index contributed by atoms with van der Waals surface area (Å²) >= 11 is 0. The lowest BCUT2D eigenvalue weighted by Crippen LogP contribution is -2.39. The molecule has 1 heterocycles. The molecule has 0 amide bonds. The fourth-order valence-electron chi connectivity index (χ4n) is 3.88. The van der Waals surface area contributed by atoms with Gasteiger partial charge < -0.3 is 9.47 Å². The quantitative estimate of drug-likeness (QED) is 0.614. The van der Waals surface area contributed by atoms with Crippen molar-refractivity contribution in [2.24, 2.45) is 5.92 Å². The van der Waals surface area contributed by atoms with Crippen LogP contribution in [-0.2, 0) is 26.3 Å². The number of ether oxygens (including phenoxy) is 2. The van der Waals surface area contributed by atoms with Crippen LogP contribution in [0.5, 0.6) is 0 Å². The Morgan fingerprint density at radius 2 is 2.05 bits per heavy atom. The van der Waals surface area contributed by atoms with E-state index in [9.17, 15) is 4.79 Å². The van der Waals surface area contributed by atoms with Crippen LogP contribution >= 0.6 is 0 Å². The minimum Gasteiger partial charge on any atom is -0.467 e. The maximum Gasteiger partial charge on any atom is 0.341 e. The van der Waals surface area contributed by atoms with Gasteiger partial charge in [-0.05, 0) is 42.7 Å². The molecular weight excluding hydrogens is 252 g/mol. The van der Waals surface area contributed by atoms with Gasteiger partial charge >= 0.3 is 5.97 Å². The van der Waals surface area contributed by atoms with Crippen LogP contribution in [0.3, 0.4) is 0 Å². The molecule has 20 heavy (non-hydrogen) atoms. The van der Waals surface area contributed by atoms with Gasteiger partial charge in [-0.2, -0.15) is 0 Å². The first-order chi connectivity index (χ1) is 9.58. The van der Waals surface area contributed by atoms with Gasteiger partial charge in [-0.15, -0.1) is 0 Å². The highest BCUT2D eigenvalue weighted by molar-refractivity contribution is 5.86. The van der Waals surface area contributed by atoms with Gasteiger partial charge in [0.25, 0.3) is 0 Å². The summed E-state index contributed by atoms with van der Waals surface area (Å²) in [6, 6.07) is 8.38. The summed E-state index contributed by atoms with van der Waals surface area (Å²) in [6.07, 6.45) is 4.20. The number of methoxy groups -OCH3 is 1. The fraction of sp³-hybridized carbons (Fsp3) is 0.588. The lowest BCUT2D eigenvalue weighted by atomic mass is 9.76. The first-order valence-corrected chi connectivity index (χ1v) is 7.45. The summed E-state index contributed by atoms with van der Waals surface area (Å²) in [5, 5.41) is 0. The zero-order valence-electron chi connectivity index (χ0n) is 12.4. The molecule has 1 aliphatic heterocycles. The zero-order chi connectivity index (χ0) is 14.4. The van der Waals surface area contributed by atoms with E-state index >= 15 is 0 Å². The molecule has 3 nitrogen and oxygen atoms in total. The Morgan fingerprint density at radius 3 is 2.75 bits per heavy atom. The molecule has 0 saturated carbocycles. The van der Waals surface area contributed by atoms with E-state index < -0.39 is 11.2 Å². The Hall–Kier alpha value is -1.35. The van der Waals surface area contributed by atoms with Crippen molar-refractivity contribution in [2.75, 3.05) is 7.11 Å². The second-order valence-electron chi connectivity index (χ2n) is 6.18. The highest BCUT2D eigenvalue weighted by atomic mass is 16.7. The molecule has 3 heteroatoms. The van der Waals surface area contributed by atoms with Crippen molar-refractivity contribution in [1.82, 2.24) is 0 Å². The lowest BCUT2D eigenvalue weighted by Gasteiger charge is -2.22. The summed E-state index contributed by atoms with van der Waals surface area (Å²) in [7, 11) is 1.45. The lowest BCUT2D eigenvalue weighted by molar-refractivity contribution is -0.148. The number of carbonyl (C=O) groups is 1. The number of hydrogen-bond acceptors (Lipinski definition) is 3. The summed E-state index contributed by atoms with van der Waals surface area (Å²) < 4.78 is 11.2. The Bertz CT molecular complexity index is 537. The van der Waals surface area contributed by atoms with E-state index in [0.29, 0.717) is 0 Å². The summed E-state index contributed by atoms with van der Waals surface area (Å²) in [4.78, 5) is 12.4. The third kappa shape index (κ3) is 1.59. The van der Waals surface area contributed by atoms with Gasteiger partial charge in [0.05, 0.1) is 7.11 Å². The SMILES string of the molecule is COC(=O)C1(C(C)C)OC12CCCCc1ccccc12. The Morgan fingerprint density at radius 1 is 1.30 bits per heavy atom. The normalized spacial score (nSPS) is 31.8. The maximum absolute atomic E-state index is 12.4. The summed E-state index contributed by atoms with van der Waals surface area (Å²) in [5.41, 5.74) is 1.23. The number of esters is 1. The van der Waals surface area contributed by atoms with Crippen LogP contribution in [0.15, 0.2) is 24.3 Å². The van der Waals surface area contributed by atoms with Crippen molar-refractivity contribution in [1.29, 1.82) is 0 Å². The predicted molar refractivity (Wildman–Crippen MR) is 76.3 cm³/mol. The molecule has 2 unspecified atom stereocenters. The van der Waals surface area contributed by atoms with Crippen LogP contribution in [0, 0.1) is 5.92 Å². The number of epoxide rings is 1. The molecule has 0 N–H and O–H groups in total. The molecule has 0 radical (unpaired) electrons. The van der Waals surface area contributed by atoms with Gasteiger partial charge in [-0.25, -0.2) is 4.79 Å². The van der Waals surface area contributed by atoms with Crippen LogP contribution < -0.4 is 0 Å². The molecule has 1 fully saturated rings. The van der Waals surface area contributed by atoms with Gasteiger partial charge in [0.15, 0.2) is 0 Å². The van der Waals surface area contributed by atoms with Crippen molar-refractivity contribution < 1.29 is 14.3 Å². The standard InChI is InChI=1S/C17H22O3/c1-12(2)17(15(18)19-3)16(20-17)11-7-6-9-13-8-4-5-10-14(13)16/h4-5,8,10,12H,6-7,9,11H2,1-3H3. The number of fused-ring (bicyclic) bond motifs is 2. The first-order valence-electron chi connectivity index (χ1n) is 7.45. The molecule has 1 aromatic rings. The third-order valence-electron chi connectivity index (χ3n) is 4.87. The first kappa shape index (κ1) is 13.6. The van der Waals surface area contributed by atoms with E-state index in [4.69, 9.17) is 9.47 Å². The topological polar surface area (TPSA) is 38.8 Å². The van der Waals surface area contributed by atoms with Crippen LogP contribution in [0.1, 0.15) is 44.2 Å². The molecule has 0 aromatic heterocycles. The second-order valence-corrected chi connectivity index (χ2v) is 6.18. The third-order valence-corrected chi connectivity index (χ3v) is 4.87. The van der Waals surface area contributed by atoms with E-state index in [2.05, 4.69) is 18.2 Å². The van der Waals surface area contributed by atoms with Crippen molar-refractivity contribution in [3.63, 3.8) is 0 Å². The Balaban J connectivity index is 2.12. The van der Waals surface area contributed by atoms with Crippen LogP contribution in [-0.4, -0.2) is 18.7 Å².